The fraction of sp³-hybridized carbons (Fsp3) is 0.400. The first-order valence-electron chi connectivity index (χ1n) is 6.83. The van der Waals surface area contributed by atoms with Gasteiger partial charge in [0.2, 0.25) is 0 Å². The van der Waals surface area contributed by atoms with Crippen LogP contribution in [0.2, 0.25) is 0 Å². The Morgan fingerprint density at radius 3 is 2.60 bits per heavy atom. The van der Waals surface area contributed by atoms with Crippen molar-refractivity contribution in [3.63, 3.8) is 0 Å². The summed E-state index contributed by atoms with van der Waals surface area (Å²) in [6.45, 7) is 0.674. The summed E-state index contributed by atoms with van der Waals surface area (Å²) in [6, 6.07) is 3.71. The molecule has 2 rings (SSSR count). The molecule has 0 spiro atoms. The summed E-state index contributed by atoms with van der Waals surface area (Å²) in [5.74, 6) is -1.30. The fourth-order valence-electron chi connectivity index (χ4n) is 2.24. The minimum absolute atomic E-state index is 0.207. The second-order valence-electron chi connectivity index (χ2n) is 4.84. The van der Waals surface area contributed by atoms with Crippen LogP contribution in [0.1, 0.15) is 32.1 Å². The van der Waals surface area contributed by atoms with Crippen LogP contribution in [-0.2, 0) is 0 Å². The van der Waals surface area contributed by atoms with Crippen molar-refractivity contribution in [1.82, 2.24) is 5.32 Å². The van der Waals surface area contributed by atoms with Crippen molar-refractivity contribution in [3.05, 3.63) is 41.5 Å². The molecule has 0 unspecified atom stereocenters. The largest absolute Gasteiger partial charge is 0.362 e. The molecule has 0 amide bonds. The fourth-order valence-corrected chi connectivity index (χ4v) is 2.45. The number of hydrogen-bond donors (Lipinski definition) is 2. The third kappa shape index (κ3) is 4.27. The number of allylic oxidation sites excluding steroid dienone is 1. The smallest absolute Gasteiger partial charge is 0.170 e. The normalized spacial score (nSPS) is 14.6. The van der Waals surface area contributed by atoms with E-state index in [4.69, 9.17) is 12.2 Å². The van der Waals surface area contributed by atoms with E-state index in [1.54, 1.807) is 0 Å². The molecular weight excluding hydrogens is 278 g/mol. The van der Waals surface area contributed by atoms with Crippen molar-refractivity contribution in [2.45, 2.75) is 32.1 Å². The molecule has 20 heavy (non-hydrogen) atoms. The summed E-state index contributed by atoms with van der Waals surface area (Å²) < 4.78 is 26.8. The van der Waals surface area contributed by atoms with Gasteiger partial charge in [-0.05, 0) is 56.5 Å². The SMILES string of the molecule is Fc1cccc(F)c1NC(=S)NCCC1=CCCCC1. The lowest BCUT2D eigenvalue weighted by Gasteiger charge is -2.15. The highest BCUT2D eigenvalue weighted by Gasteiger charge is 2.09. The molecule has 0 heterocycles. The van der Waals surface area contributed by atoms with Gasteiger partial charge in [-0.3, -0.25) is 0 Å². The molecule has 5 heteroatoms. The van der Waals surface area contributed by atoms with Gasteiger partial charge in [-0.25, -0.2) is 8.78 Å². The lowest BCUT2D eigenvalue weighted by Crippen LogP contribution is -2.30. The first-order valence-corrected chi connectivity index (χ1v) is 7.24. The van der Waals surface area contributed by atoms with Crippen molar-refractivity contribution >= 4 is 23.0 Å². The molecule has 0 radical (unpaired) electrons. The van der Waals surface area contributed by atoms with E-state index < -0.39 is 11.6 Å². The predicted molar refractivity (Wildman–Crippen MR) is 81.7 cm³/mol. The average molecular weight is 296 g/mol. The summed E-state index contributed by atoms with van der Waals surface area (Å²) in [5, 5.41) is 5.79. The number of benzene rings is 1. The number of hydrogen-bond acceptors (Lipinski definition) is 1. The van der Waals surface area contributed by atoms with Gasteiger partial charge in [0.25, 0.3) is 0 Å². The Balaban J connectivity index is 1.79. The van der Waals surface area contributed by atoms with Crippen molar-refractivity contribution in [1.29, 1.82) is 0 Å². The van der Waals surface area contributed by atoms with E-state index in [2.05, 4.69) is 16.7 Å². The Kier molecular flexibility index (Phi) is 5.47. The van der Waals surface area contributed by atoms with E-state index in [1.165, 1.54) is 36.6 Å². The van der Waals surface area contributed by atoms with Crippen LogP contribution >= 0.6 is 12.2 Å². The van der Waals surface area contributed by atoms with Crippen LogP contribution < -0.4 is 10.6 Å². The molecule has 0 aromatic heterocycles. The number of rotatable bonds is 4. The van der Waals surface area contributed by atoms with Crippen LogP contribution in [0.3, 0.4) is 0 Å². The minimum atomic E-state index is -0.649. The van der Waals surface area contributed by atoms with Crippen LogP contribution in [0, 0.1) is 11.6 Å². The molecule has 0 bridgehead atoms. The zero-order valence-corrected chi connectivity index (χ0v) is 12.0. The van der Waals surface area contributed by atoms with Gasteiger partial charge in [0.1, 0.15) is 17.3 Å². The zero-order valence-electron chi connectivity index (χ0n) is 11.2. The van der Waals surface area contributed by atoms with Gasteiger partial charge in [0, 0.05) is 6.54 Å². The molecular formula is C15H18F2N2S. The summed E-state index contributed by atoms with van der Waals surface area (Å²) in [5.41, 5.74) is 1.23. The monoisotopic (exact) mass is 296 g/mol. The van der Waals surface area contributed by atoms with Crippen LogP contribution in [0.15, 0.2) is 29.8 Å². The van der Waals surface area contributed by atoms with E-state index in [9.17, 15) is 8.78 Å². The number of thiocarbonyl (C=S) groups is 1. The Labute approximate surface area is 123 Å². The molecule has 1 aromatic rings. The molecule has 0 fully saturated rings. The highest BCUT2D eigenvalue weighted by Crippen LogP contribution is 2.20. The van der Waals surface area contributed by atoms with Crippen molar-refractivity contribution < 1.29 is 8.78 Å². The topological polar surface area (TPSA) is 24.1 Å². The molecule has 0 atom stereocenters. The van der Waals surface area contributed by atoms with Crippen LogP contribution in [0.5, 0.6) is 0 Å². The molecule has 2 nitrogen and oxygen atoms in total. The third-order valence-electron chi connectivity index (χ3n) is 3.32. The van der Waals surface area contributed by atoms with Crippen LogP contribution in [-0.4, -0.2) is 11.7 Å². The standard InChI is InChI=1S/C15H18F2N2S/c16-12-7-4-8-13(17)14(12)19-15(20)18-10-9-11-5-2-1-3-6-11/h4-5,7-8H,1-3,6,9-10H2,(H2,18,19,20). The Morgan fingerprint density at radius 2 is 1.95 bits per heavy atom. The zero-order chi connectivity index (χ0) is 14.4. The van der Waals surface area contributed by atoms with Gasteiger partial charge < -0.3 is 10.6 Å². The maximum absolute atomic E-state index is 13.4. The summed E-state index contributed by atoms with van der Waals surface area (Å²) in [7, 11) is 0. The second kappa shape index (κ2) is 7.33. The Bertz CT molecular complexity index is 494. The summed E-state index contributed by atoms with van der Waals surface area (Å²) in [6.07, 6.45) is 8.00. The van der Waals surface area contributed by atoms with Gasteiger partial charge in [-0.2, -0.15) is 0 Å². The molecule has 0 saturated heterocycles. The van der Waals surface area contributed by atoms with E-state index in [1.807, 2.05) is 0 Å². The molecule has 1 aromatic carbocycles. The van der Waals surface area contributed by atoms with Gasteiger partial charge >= 0.3 is 0 Å². The molecule has 1 aliphatic carbocycles. The predicted octanol–water partition coefficient (Wildman–Crippen LogP) is 4.14. The lowest BCUT2D eigenvalue weighted by atomic mass is 9.97. The van der Waals surface area contributed by atoms with Gasteiger partial charge in [0.05, 0.1) is 0 Å². The third-order valence-corrected chi connectivity index (χ3v) is 3.56. The van der Waals surface area contributed by atoms with E-state index in [0.717, 1.165) is 19.3 Å². The minimum Gasteiger partial charge on any atom is -0.362 e. The van der Waals surface area contributed by atoms with Gasteiger partial charge in [-0.1, -0.05) is 17.7 Å². The van der Waals surface area contributed by atoms with E-state index in [0.29, 0.717) is 6.54 Å². The second-order valence-corrected chi connectivity index (χ2v) is 5.24. The molecule has 2 N–H and O–H groups in total. The molecule has 0 saturated carbocycles. The van der Waals surface area contributed by atoms with Crippen LogP contribution in [0.4, 0.5) is 14.5 Å². The molecule has 108 valence electrons. The summed E-state index contributed by atoms with van der Waals surface area (Å²) >= 11 is 5.05. The molecule has 0 aliphatic heterocycles. The van der Waals surface area contributed by atoms with Gasteiger partial charge in [-0.15, -0.1) is 0 Å². The number of halogens is 2. The van der Waals surface area contributed by atoms with Crippen molar-refractivity contribution in [2.24, 2.45) is 0 Å². The quantitative estimate of drug-likeness (QED) is 0.645. The number of nitrogens with one attached hydrogen (secondary N) is 2. The number of anilines is 1. The van der Waals surface area contributed by atoms with Crippen molar-refractivity contribution in [3.8, 4) is 0 Å². The first kappa shape index (κ1) is 14.9. The maximum atomic E-state index is 13.4. The molecule has 1 aliphatic rings. The highest BCUT2D eigenvalue weighted by atomic mass is 32.1. The van der Waals surface area contributed by atoms with Gasteiger partial charge in [0.15, 0.2) is 5.11 Å². The van der Waals surface area contributed by atoms with Crippen molar-refractivity contribution in [2.75, 3.05) is 11.9 Å². The van der Waals surface area contributed by atoms with E-state index in [-0.39, 0.29) is 10.8 Å². The maximum Gasteiger partial charge on any atom is 0.170 e. The Morgan fingerprint density at radius 1 is 1.20 bits per heavy atom. The summed E-state index contributed by atoms with van der Waals surface area (Å²) in [4.78, 5) is 0. The van der Waals surface area contributed by atoms with E-state index >= 15 is 0 Å². The lowest BCUT2D eigenvalue weighted by molar-refractivity contribution is 0.591. The Hall–Kier alpha value is -1.49. The number of para-hydroxylation sites is 1. The first-order chi connectivity index (χ1) is 9.66. The van der Waals surface area contributed by atoms with Crippen LogP contribution in [0.25, 0.3) is 0 Å². The average Bonchev–Trinajstić information content (AvgIpc) is 2.44. The highest BCUT2D eigenvalue weighted by molar-refractivity contribution is 7.80.